The van der Waals surface area contributed by atoms with Crippen molar-refractivity contribution in [2.45, 2.75) is 39.2 Å². The number of β-amino-alcohol motifs (C(OH)–C–C–N with tert-alkyl or cyclic N) is 1. The fourth-order valence-electron chi connectivity index (χ4n) is 2.34. The molecule has 4 heteroatoms. The molecule has 1 fully saturated rings. The summed E-state index contributed by atoms with van der Waals surface area (Å²) in [6.07, 6.45) is 3.35. The normalized spacial score (nSPS) is 22.0. The molecular formula is C14H29NO3. The lowest BCUT2D eigenvalue weighted by Crippen LogP contribution is -2.43. The first kappa shape index (κ1) is 15.9. The lowest BCUT2D eigenvalue weighted by molar-refractivity contribution is -0.00900. The van der Waals surface area contributed by atoms with Gasteiger partial charge in [0.25, 0.3) is 0 Å². The lowest BCUT2D eigenvalue weighted by atomic mass is 9.78. The van der Waals surface area contributed by atoms with Crippen LogP contribution in [0.4, 0.5) is 0 Å². The number of aliphatic hydroxyl groups is 1. The number of piperidine rings is 1. The van der Waals surface area contributed by atoms with Gasteiger partial charge in [-0.15, -0.1) is 0 Å². The predicted molar refractivity (Wildman–Crippen MR) is 72.8 cm³/mol. The SMILES string of the molecule is CCC1(C)CCN(CC(O)COCCOC)CC1. The Morgan fingerprint density at radius 1 is 1.28 bits per heavy atom. The molecule has 1 rings (SSSR count). The number of ether oxygens (including phenoxy) is 2. The van der Waals surface area contributed by atoms with Crippen LogP contribution in [0.25, 0.3) is 0 Å². The molecule has 4 nitrogen and oxygen atoms in total. The molecule has 1 heterocycles. The van der Waals surface area contributed by atoms with E-state index < -0.39 is 0 Å². The second-order valence-corrected chi connectivity index (χ2v) is 5.69. The Bertz CT molecular complexity index is 215. The van der Waals surface area contributed by atoms with Gasteiger partial charge in [-0.25, -0.2) is 0 Å². The highest BCUT2D eigenvalue weighted by Crippen LogP contribution is 2.33. The van der Waals surface area contributed by atoms with Gasteiger partial charge in [0.15, 0.2) is 0 Å². The maximum atomic E-state index is 9.88. The monoisotopic (exact) mass is 259 g/mol. The van der Waals surface area contributed by atoms with Crippen molar-refractivity contribution in [3.8, 4) is 0 Å². The number of hydrogen-bond acceptors (Lipinski definition) is 4. The number of likely N-dealkylation sites (tertiary alicyclic amines) is 1. The molecule has 0 bridgehead atoms. The third-order valence-electron chi connectivity index (χ3n) is 4.13. The van der Waals surface area contributed by atoms with Crippen LogP contribution in [0.2, 0.25) is 0 Å². The zero-order valence-corrected chi connectivity index (χ0v) is 12.2. The fourth-order valence-corrected chi connectivity index (χ4v) is 2.34. The van der Waals surface area contributed by atoms with Gasteiger partial charge in [-0.3, -0.25) is 0 Å². The predicted octanol–water partition coefficient (Wildman–Crippen LogP) is 1.52. The molecule has 0 aliphatic carbocycles. The molecule has 1 unspecified atom stereocenters. The average molecular weight is 259 g/mol. The van der Waals surface area contributed by atoms with Crippen molar-refractivity contribution in [3.63, 3.8) is 0 Å². The molecule has 0 aromatic rings. The molecule has 0 radical (unpaired) electrons. The van der Waals surface area contributed by atoms with E-state index in [-0.39, 0.29) is 6.10 Å². The standard InChI is InChI=1S/C14H29NO3/c1-4-14(2)5-7-15(8-6-14)11-13(16)12-18-10-9-17-3/h13,16H,4-12H2,1-3H3. The first-order valence-electron chi connectivity index (χ1n) is 7.07. The molecule has 0 saturated carbocycles. The van der Waals surface area contributed by atoms with Crippen LogP contribution in [-0.2, 0) is 9.47 Å². The van der Waals surface area contributed by atoms with E-state index in [0.29, 0.717) is 25.2 Å². The molecule has 1 atom stereocenters. The summed E-state index contributed by atoms with van der Waals surface area (Å²) < 4.78 is 10.2. The zero-order chi connectivity index (χ0) is 13.4. The van der Waals surface area contributed by atoms with Gasteiger partial charge in [0.05, 0.1) is 25.9 Å². The Balaban J connectivity index is 2.12. The fraction of sp³-hybridized carbons (Fsp3) is 1.00. The van der Waals surface area contributed by atoms with Crippen molar-refractivity contribution in [1.82, 2.24) is 4.90 Å². The van der Waals surface area contributed by atoms with Crippen LogP contribution in [0.5, 0.6) is 0 Å². The second kappa shape index (κ2) is 8.10. The van der Waals surface area contributed by atoms with Crippen LogP contribution in [0.15, 0.2) is 0 Å². The second-order valence-electron chi connectivity index (χ2n) is 5.69. The Labute approximate surface area is 111 Å². The van der Waals surface area contributed by atoms with Gasteiger partial charge in [0.2, 0.25) is 0 Å². The highest BCUT2D eigenvalue weighted by atomic mass is 16.5. The molecule has 0 spiro atoms. The molecule has 18 heavy (non-hydrogen) atoms. The van der Waals surface area contributed by atoms with Crippen molar-refractivity contribution in [1.29, 1.82) is 0 Å². The Morgan fingerprint density at radius 2 is 1.94 bits per heavy atom. The van der Waals surface area contributed by atoms with Gasteiger partial charge in [0.1, 0.15) is 0 Å². The van der Waals surface area contributed by atoms with Gasteiger partial charge < -0.3 is 19.5 Å². The third kappa shape index (κ3) is 5.65. The van der Waals surface area contributed by atoms with E-state index in [1.165, 1.54) is 19.3 Å². The minimum atomic E-state index is -0.382. The third-order valence-corrected chi connectivity index (χ3v) is 4.13. The van der Waals surface area contributed by atoms with Gasteiger partial charge in [0, 0.05) is 13.7 Å². The topological polar surface area (TPSA) is 41.9 Å². The Morgan fingerprint density at radius 3 is 2.50 bits per heavy atom. The van der Waals surface area contributed by atoms with Crippen LogP contribution in [0.1, 0.15) is 33.1 Å². The molecule has 0 amide bonds. The number of aliphatic hydroxyl groups excluding tert-OH is 1. The summed E-state index contributed by atoms with van der Waals surface area (Å²) >= 11 is 0. The van der Waals surface area contributed by atoms with Crippen molar-refractivity contribution in [3.05, 3.63) is 0 Å². The molecule has 1 N–H and O–H groups in total. The van der Waals surface area contributed by atoms with Crippen molar-refractivity contribution >= 4 is 0 Å². The summed E-state index contributed by atoms with van der Waals surface area (Å²) in [4.78, 5) is 2.35. The van der Waals surface area contributed by atoms with Crippen LogP contribution in [-0.4, -0.2) is 62.7 Å². The van der Waals surface area contributed by atoms with Crippen LogP contribution >= 0.6 is 0 Å². The minimum absolute atomic E-state index is 0.382. The van der Waals surface area contributed by atoms with Crippen LogP contribution in [0, 0.1) is 5.41 Å². The van der Waals surface area contributed by atoms with Crippen LogP contribution < -0.4 is 0 Å². The maximum absolute atomic E-state index is 9.88. The minimum Gasteiger partial charge on any atom is -0.389 e. The molecule has 1 saturated heterocycles. The molecule has 1 aliphatic heterocycles. The zero-order valence-electron chi connectivity index (χ0n) is 12.2. The Kier molecular flexibility index (Phi) is 7.15. The highest BCUT2D eigenvalue weighted by molar-refractivity contribution is 4.82. The van der Waals surface area contributed by atoms with E-state index in [0.717, 1.165) is 19.6 Å². The number of methoxy groups -OCH3 is 1. The highest BCUT2D eigenvalue weighted by Gasteiger charge is 2.28. The van der Waals surface area contributed by atoms with Crippen molar-refractivity contribution in [2.75, 3.05) is 46.6 Å². The van der Waals surface area contributed by atoms with E-state index in [2.05, 4.69) is 18.7 Å². The van der Waals surface area contributed by atoms with Crippen LogP contribution in [0.3, 0.4) is 0 Å². The van der Waals surface area contributed by atoms with E-state index in [1.807, 2.05) is 0 Å². The number of nitrogens with zero attached hydrogens (tertiary/aromatic N) is 1. The first-order chi connectivity index (χ1) is 8.59. The van der Waals surface area contributed by atoms with Gasteiger partial charge >= 0.3 is 0 Å². The van der Waals surface area contributed by atoms with Crippen molar-refractivity contribution in [2.24, 2.45) is 5.41 Å². The molecule has 108 valence electrons. The number of rotatable bonds is 8. The summed E-state index contributed by atoms with van der Waals surface area (Å²) in [5.74, 6) is 0. The quantitative estimate of drug-likeness (QED) is 0.671. The number of hydrogen-bond donors (Lipinski definition) is 1. The van der Waals surface area contributed by atoms with Gasteiger partial charge in [-0.05, 0) is 31.3 Å². The molecular weight excluding hydrogens is 230 g/mol. The van der Waals surface area contributed by atoms with E-state index in [1.54, 1.807) is 7.11 Å². The lowest BCUT2D eigenvalue weighted by Gasteiger charge is -2.39. The summed E-state index contributed by atoms with van der Waals surface area (Å²) in [6, 6.07) is 0. The first-order valence-corrected chi connectivity index (χ1v) is 7.07. The summed E-state index contributed by atoms with van der Waals surface area (Å²) in [6.45, 7) is 9.12. The van der Waals surface area contributed by atoms with Gasteiger partial charge in [-0.1, -0.05) is 20.3 Å². The average Bonchev–Trinajstić information content (AvgIpc) is 2.38. The molecule has 0 aromatic heterocycles. The largest absolute Gasteiger partial charge is 0.389 e. The summed E-state index contributed by atoms with van der Waals surface area (Å²) in [5, 5.41) is 9.88. The maximum Gasteiger partial charge on any atom is 0.0900 e. The van der Waals surface area contributed by atoms with Crippen molar-refractivity contribution < 1.29 is 14.6 Å². The Hall–Kier alpha value is -0.160. The summed E-state index contributed by atoms with van der Waals surface area (Å²) in [5.41, 5.74) is 0.510. The van der Waals surface area contributed by atoms with E-state index in [4.69, 9.17) is 9.47 Å². The smallest absolute Gasteiger partial charge is 0.0900 e. The molecule has 1 aliphatic rings. The van der Waals surface area contributed by atoms with Gasteiger partial charge in [-0.2, -0.15) is 0 Å². The summed E-state index contributed by atoms with van der Waals surface area (Å²) in [7, 11) is 1.65. The molecule has 0 aromatic carbocycles. The van der Waals surface area contributed by atoms with E-state index >= 15 is 0 Å². The van der Waals surface area contributed by atoms with E-state index in [9.17, 15) is 5.11 Å².